The fourth-order valence-corrected chi connectivity index (χ4v) is 0.819. The molecule has 0 aliphatic carbocycles. The Balaban J connectivity index is 4.03. The molecule has 0 aromatic rings. The Hall–Kier alpha value is -0.620. The van der Waals surface area contributed by atoms with Crippen molar-refractivity contribution in [2.45, 2.75) is 13.3 Å². The highest BCUT2D eigenvalue weighted by Crippen LogP contribution is 1.78. The number of amides is 1. The maximum absolute atomic E-state index is 10.5. The first-order chi connectivity index (χ1) is 4.52. The van der Waals surface area contributed by atoms with Gasteiger partial charge in [-0.15, -0.1) is 0 Å². The van der Waals surface area contributed by atoms with Crippen molar-refractivity contribution < 1.29 is 13.2 Å². The van der Waals surface area contributed by atoms with Crippen molar-refractivity contribution >= 4 is 16.1 Å². The molecule has 6 heteroatoms. The number of hydrogen-bond donors (Lipinski definition) is 2. The van der Waals surface area contributed by atoms with E-state index < -0.39 is 16.1 Å². The monoisotopic (exact) mass is 166 g/mol. The zero-order chi connectivity index (χ0) is 8.20. The molecule has 0 aromatic heterocycles. The summed E-state index contributed by atoms with van der Waals surface area (Å²) in [7, 11) is -2.35. The first-order valence-corrected chi connectivity index (χ1v) is 4.24. The number of carbonyl (C=O) groups is 1. The second-order valence-electron chi connectivity index (χ2n) is 1.59. The fraction of sp³-hybridized carbons (Fsp3) is 0.750. The van der Waals surface area contributed by atoms with E-state index in [4.69, 9.17) is 0 Å². The van der Waals surface area contributed by atoms with E-state index in [1.807, 2.05) is 4.72 Å². The van der Waals surface area contributed by atoms with Crippen LogP contribution in [0.5, 0.6) is 0 Å². The van der Waals surface area contributed by atoms with E-state index in [-0.39, 0.29) is 6.42 Å². The summed E-state index contributed by atoms with van der Waals surface area (Å²) >= 11 is 0. The van der Waals surface area contributed by atoms with Gasteiger partial charge < -0.3 is 0 Å². The van der Waals surface area contributed by atoms with Crippen LogP contribution in [0, 0.1) is 0 Å². The molecule has 0 atom stereocenters. The molecule has 60 valence electrons. The molecule has 0 unspecified atom stereocenters. The molecule has 0 heterocycles. The minimum absolute atomic E-state index is 0.154. The van der Waals surface area contributed by atoms with E-state index in [1.54, 1.807) is 11.6 Å². The van der Waals surface area contributed by atoms with E-state index in [0.717, 1.165) is 0 Å². The molecular weight excluding hydrogens is 156 g/mol. The standard InChI is InChI=1S/C4H10N2O3S/c1-3-4(7)6-10(8,9)5-2/h5H,3H2,1-2H3,(H,6,7). The zero-order valence-electron chi connectivity index (χ0n) is 5.84. The highest BCUT2D eigenvalue weighted by atomic mass is 32.2. The van der Waals surface area contributed by atoms with Crippen LogP contribution in [-0.4, -0.2) is 21.4 Å². The molecule has 1 amide bonds. The molecule has 0 spiro atoms. The molecule has 5 nitrogen and oxygen atoms in total. The summed E-state index contributed by atoms with van der Waals surface area (Å²) in [5.41, 5.74) is 0. The van der Waals surface area contributed by atoms with Crippen molar-refractivity contribution in [3.63, 3.8) is 0 Å². The largest absolute Gasteiger partial charge is 0.301 e. The lowest BCUT2D eigenvalue weighted by Gasteiger charge is -2.01. The zero-order valence-corrected chi connectivity index (χ0v) is 6.66. The van der Waals surface area contributed by atoms with E-state index in [2.05, 4.69) is 0 Å². The molecule has 0 rings (SSSR count). The maximum atomic E-state index is 10.5. The topological polar surface area (TPSA) is 75.3 Å². The Morgan fingerprint density at radius 3 is 2.30 bits per heavy atom. The van der Waals surface area contributed by atoms with Crippen LogP contribution >= 0.6 is 0 Å². The Morgan fingerprint density at radius 1 is 1.50 bits per heavy atom. The van der Waals surface area contributed by atoms with Gasteiger partial charge in [0.2, 0.25) is 5.91 Å². The lowest BCUT2D eigenvalue weighted by Crippen LogP contribution is -2.37. The molecule has 0 saturated carbocycles. The van der Waals surface area contributed by atoms with Crippen molar-refractivity contribution in [2.24, 2.45) is 0 Å². The summed E-state index contributed by atoms with van der Waals surface area (Å²) in [6, 6.07) is 0. The molecule has 0 aliphatic rings. The number of nitrogens with one attached hydrogen (secondary N) is 2. The average molecular weight is 166 g/mol. The number of rotatable bonds is 3. The van der Waals surface area contributed by atoms with Crippen LogP contribution < -0.4 is 9.44 Å². The van der Waals surface area contributed by atoms with Crippen LogP contribution in [0.15, 0.2) is 0 Å². The number of carbonyl (C=O) groups excluding carboxylic acids is 1. The predicted molar refractivity (Wildman–Crippen MR) is 36.4 cm³/mol. The third kappa shape index (κ3) is 3.41. The summed E-state index contributed by atoms with van der Waals surface area (Å²) in [5.74, 6) is -0.519. The van der Waals surface area contributed by atoms with E-state index in [0.29, 0.717) is 0 Å². The lowest BCUT2D eigenvalue weighted by atomic mass is 10.5. The quantitative estimate of drug-likeness (QED) is 0.563. The molecular formula is C4H10N2O3S. The third-order valence-electron chi connectivity index (χ3n) is 0.838. The maximum Gasteiger partial charge on any atom is 0.301 e. The summed E-state index contributed by atoms with van der Waals surface area (Å²) < 4.78 is 24.8. The van der Waals surface area contributed by atoms with Gasteiger partial charge in [-0.1, -0.05) is 6.92 Å². The number of hydrogen-bond acceptors (Lipinski definition) is 3. The second kappa shape index (κ2) is 3.52. The molecule has 0 fully saturated rings. The average Bonchev–Trinajstić information content (AvgIpc) is 1.87. The molecule has 10 heavy (non-hydrogen) atoms. The van der Waals surface area contributed by atoms with Crippen molar-refractivity contribution in [3.8, 4) is 0 Å². The van der Waals surface area contributed by atoms with Crippen molar-refractivity contribution in [1.29, 1.82) is 0 Å². The van der Waals surface area contributed by atoms with Crippen molar-refractivity contribution in [1.82, 2.24) is 9.44 Å². The Labute approximate surface area is 60.0 Å². The van der Waals surface area contributed by atoms with Gasteiger partial charge in [0.1, 0.15) is 0 Å². The van der Waals surface area contributed by atoms with E-state index in [1.165, 1.54) is 7.05 Å². The van der Waals surface area contributed by atoms with Crippen LogP contribution in [0.3, 0.4) is 0 Å². The van der Waals surface area contributed by atoms with Gasteiger partial charge in [0, 0.05) is 13.5 Å². The minimum Gasteiger partial charge on any atom is -0.274 e. The van der Waals surface area contributed by atoms with Gasteiger partial charge in [-0.05, 0) is 0 Å². The fourth-order valence-electron chi connectivity index (χ4n) is 0.273. The SMILES string of the molecule is CCC(=O)NS(=O)(=O)NC. The highest BCUT2D eigenvalue weighted by molar-refractivity contribution is 7.88. The summed E-state index contributed by atoms with van der Waals surface area (Å²) in [6.45, 7) is 1.57. The normalized spacial score (nSPS) is 11.0. The van der Waals surface area contributed by atoms with Crippen molar-refractivity contribution in [2.75, 3.05) is 7.05 Å². The third-order valence-corrected chi connectivity index (χ3v) is 1.87. The van der Waals surface area contributed by atoms with Crippen LogP contribution in [0.25, 0.3) is 0 Å². The van der Waals surface area contributed by atoms with Gasteiger partial charge in [0.25, 0.3) is 0 Å². The second-order valence-corrected chi connectivity index (χ2v) is 3.21. The Morgan fingerprint density at radius 2 is 2.00 bits per heavy atom. The Bertz CT molecular complexity index is 209. The van der Waals surface area contributed by atoms with Crippen LogP contribution in [0.1, 0.15) is 13.3 Å². The van der Waals surface area contributed by atoms with Gasteiger partial charge in [-0.25, -0.2) is 9.44 Å². The van der Waals surface area contributed by atoms with Crippen LogP contribution in [-0.2, 0) is 15.0 Å². The summed E-state index contributed by atoms with van der Waals surface area (Å²) in [5, 5.41) is 0. The minimum atomic E-state index is -3.58. The molecule has 2 N–H and O–H groups in total. The smallest absolute Gasteiger partial charge is 0.274 e. The van der Waals surface area contributed by atoms with Gasteiger partial charge in [-0.3, -0.25) is 4.79 Å². The first-order valence-electron chi connectivity index (χ1n) is 2.76. The lowest BCUT2D eigenvalue weighted by molar-refractivity contribution is -0.119. The highest BCUT2D eigenvalue weighted by Gasteiger charge is 2.08. The van der Waals surface area contributed by atoms with Crippen LogP contribution in [0.2, 0.25) is 0 Å². The van der Waals surface area contributed by atoms with E-state index >= 15 is 0 Å². The first kappa shape index (κ1) is 9.38. The Kier molecular flexibility index (Phi) is 3.31. The van der Waals surface area contributed by atoms with Gasteiger partial charge in [0.05, 0.1) is 0 Å². The summed E-state index contributed by atoms with van der Waals surface area (Å²) in [6.07, 6.45) is 0.154. The molecule has 0 saturated heterocycles. The predicted octanol–water partition coefficient (Wildman–Crippen LogP) is -1.02. The summed E-state index contributed by atoms with van der Waals surface area (Å²) in [4.78, 5) is 10.5. The molecule has 0 aliphatic heterocycles. The van der Waals surface area contributed by atoms with Crippen LogP contribution in [0.4, 0.5) is 0 Å². The molecule has 0 radical (unpaired) electrons. The van der Waals surface area contributed by atoms with Crippen molar-refractivity contribution in [3.05, 3.63) is 0 Å². The molecule has 0 aromatic carbocycles. The van der Waals surface area contributed by atoms with E-state index in [9.17, 15) is 13.2 Å². The van der Waals surface area contributed by atoms with Gasteiger partial charge in [0.15, 0.2) is 0 Å². The molecule has 0 bridgehead atoms. The van der Waals surface area contributed by atoms with Gasteiger partial charge >= 0.3 is 10.2 Å². The van der Waals surface area contributed by atoms with Gasteiger partial charge in [-0.2, -0.15) is 8.42 Å².